The minimum Gasteiger partial charge on any atom is -0.383 e. The predicted octanol–water partition coefficient (Wildman–Crippen LogP) is 1.98. The third-order valence-electron chi connectivity index (χ3n) is 4.59. The molecule has 2 aromatic rings. The smallest absolute Gasteiger partial charge is 0.225 e. The molecule has 1 aliphatic heterocycles. The van der Waals surface area contributed by atoms with E-state index in [1.165, 1.54) is 5.69 Å². The van der Waals surface area contributed by atoms with E-state index in [0.29, 0.717) is 0 Å². The number of piperazine rings is 1. The summed E-state index contributed by atoms with van der Waals surface area (Å²) in [6.07, 6.45) is 1.86. The SMILES string of the molecule is COCCN1CCN(c2nccc(-c3ccc(N(C)C)cc3)n2)CC1. The third-order valence-corrected chi connectivity index (χ3v) is 4.59. The van der Waals surface area contributed by atoms with Gasteiger partial charge in [-0.15, -0.1) is 0 Å². The van der Waals surface area contributed by atoms with Gasteiger partial charge in [0.25, 0.3) is 0 Å². The van der Waals surface area contributed by atoms with Crippen molar-refractivity contribution in [2.45, 2.75) is 0 Å². The first-order valence-corrected chi connectivity index (χ1v) is 8.74. The van der Waals surface area contributed by atoms with Crippen LogP contribution in [0.2, 0.25) is 0 Å². The second-order valence-corrected chi connectivity index (χ2v) is 6.50. The van der Waals surface area contributed by atoms with Gasteiger partial charge in [0.05, 0.1) is 12.3 Å². The van der Waals surface area contributed by atoms with Crippen molar-refractivity contribution in [3.63, 3.8) is 0 Å². The van der Waals surface area contributed by atoms with E-state index in [-0.39, 0.29) is 0 Å². The molecule has 6 nitrogen and oxygen atoms in total. The number of ether oxygens (including phenoxy) is 1. The molecule has 1 fully saturated rings. The van der Waals surface area contributed by atoms with Gasteiger partial charge in [-0.1, -0.05) is 12.1 Å². The quantitative estimate of drug-likeness (QED) is 0.801. The van der Waals surface area contributed by atoms with Crippen molar-refractivity contribution < 1.29 is 4.74 Å². The summed E-state index contributed by atoms with van der Waals surface area (Å²) in [7, 11) is 5.84. The number of hydrogen-bond donors (Lipinski definition) is 0. The molecule has 0 saturated carbocycles. The van der Waals surface area contributed by atoms with Crippen LogP contribution in [0.5, 0.6) is 0 Å². The Kier molecular flexibility index (Phi) is 5.83. The third kappa shape index (κ3) is 4.46. The summed E-state index contributed by atoms with van der Waals surface area (Å²) in [5.74, 6) is 0.820. The monoisotopic (exact) mass is 341 g/mol. The second kappa shape index (κ2) is 8.27. The molecule has 1 aliphatic rings. The van der Waals surface area contributed by atoms with E-state index in [2.05, 4.69) is 43.9 Å². The van der Waals surface area contributed by atoms with Crippen LogP contribution in [0.3, 0.4) is 0 Å². The standard InChI is InChI=1S/C19H27N5O/c1-22(2)17-6-4-16(5-7-17)18-8-9-20-19(21-18)24-12-10-23(11-13-24)14-15-25-3/h4-9H,10-15H2,1-3H3. The van der Waals surface area contributed by atoms with Gasteiger partial charge in [-0.25, -0.2) is 9.97 Å². The van der Waals surface area contributed by atoms with E-state index in [1.807, 2.05) is 26.4 Å². The first-order chi connectivity index (χ1) is 12.2. The second-order valence-electron chi connectivity index (χ2n) is 6.50. The van der Waals surface area contributed by atoms with Gasteiger partial charge < -0.3 is 14.5 Å². The van der Waals surface area contributed by atoms with Gasteiger partial charge in [-0.2, -0.15) is 0 Å². The maximum absolute atomic E-state index is 5.16. The van der Waals surface area contributed by atoms with Gasteiger partial charge in [-0.05, 0) is 18.2 Å². The molecule has 1 aromatic heterocycles. The largest absolute Gasteiger partial charge is 0.383 e. The summed E-state index contributed by atoms with van der Waals surface area (Å²) in [5, 5.41) is 0. The lowest BCUT2D eigenvalue weighted by Gasteiger charge is -2.34. The van der Waals surface area contributed by atoms with Crippen molar-refractivity contribution in [1.82, 2.24) is 14.9 Å². The fourth-order valence-corrected chi connectivity index (χ4v) is 2.98. The average molecular weight is 341 g/mol. The molecule has 0 spiro atoms. The number of benzene rings is 1. The Bertz CT molecular complexity index is 666. The number of anilines is 2. The van der Waals surface area contributed by atoms with E-state index < -0.39 is 0 Å². The molecule has 134 valence electrons. The molecule has 0 radical (unpaired) electrons. The maximum atomic E-state index is 5.16. The van der Waals surface area contributed by atoms with Crippen LogP contribution in [0.4, 0.5) is 11.6 Å². The van der Waals surface area contributed by atoms with Crippen LogP contribution in [0.15, 0.2) is 36.5 Å². The highest BCUT2D eigenvalue weighted by molar-refractivity contribution is 5.63. The minimum absolute atomic E-state index is 0.787. The number of methoxy groups -OCH3 is 1. The summed E-state index contributed by atoms with van der Waals surface area (Å²) in [5.41, 5.74) is 3.27. The Hall–Kier alpha value is -2.18. The van der Waals surface area contributed by atoms with Crippen LogP contribution >= 0.6 is 0 Å². The van der Waals surface area contributed by atoms with Crippen molar-refractivity contribution in [2.24, 2.45) is 0 Å². The molecule has 3 rings (SSSR count). The molecule has 2 heterocycles. The summed E-state index contributed by atoms with van der Waals surface area (Å²) >= 11 is 0. The number of aromatic nitrogens is 2. The molecular weight excluding hydrogens is 314 g/mol. The molecular formula is C19H27N5O. The van der Waals surface area contributed by atoms with Crippen molar-refractivity contribution in [2.75, 3.05) is 70.3 Å². The lowest BCUT2D eigenvalue weighted by molar-refractivity contribution is 0.143. The molecule has 0 amide bonds. The molecule has 25 heavy (non-hydrogen) atoms. The summed E-state index contributed by atoms with van der Waals surface area (Å²) in [4.78, 5) is 16.1. The van der Waals surface area contributed by atoms with Crippen LogP contribution in [0.1, 0.15) is 0 Å². The predicted molar refractivity (Wildman–Crippen MR) is 102 cm³/mol. The van der Waals surface area contributed by atoms with Gasteiger partial charge in [-0.3, -0.25) is 4.90 Å². The Balaban J connectivity index is 1.68. The Morgan fingerprint density at radius 2 is 1.76 bits per heavy atom. The zero-order valence-corrected chi connectivity index (χ0v) is 15.4. The zero-order valence-electron chi connectivity index (χ0n) is 15.4. The summed E-state index contributed by atoms with van der Waals surface area (Å²) in [6, 6.07) is 10.4. The van der Waals surface area contributed by atoms with Crippen molar-refractivity contribution >= 4 is 11.6 Å². The van der Waals surface area contributed by atoms with Crippen molar-refractivity contribution in [3.8, 4) is 11.3 Å². The maximum Gasteiger partial charge on any atom is 0.225 e. The van der Waals surface area contributed by atoms with Crippen molar-refractivity contribution in [1.29, 1.82) is 0 Å². The molecule has 0 bridgehead atoms. The topological polar surface area (TPSA) is 44.7 Å². The average Bonchev–Trinajstić information content (AvgIpc) is 2.67. The molecule has 0 unspecified atom stereocenters. The fourth-order valence-electron chi connectivity index (χ4n) is 2.98. The van der Waals surface area contributed by atoms with Crippen LogP contribution in [-0.2, 0) is 4.74 Å². The fraction of sp³-hybridized carbons (Fsp3) is 0.474. The highest BCUT2D eigenvalue weighted by Crippen LogP contribution is 2.22. The van der Waals surface area contributed by atoms with E-state index in [9.17, 15) is 0 Å². The van der Waals surface area contributed by atoms with E-state index >= 15 is 0 Å². The molecule has 0 aliphatic carbocycles. The summed E-state index contributed by atoms with van der Waals surface area (Å²) < 4.78 is 5.16. The van der Waals surface area contributed by atoms with Gasteiger partial charge in [0.2, 0.25) is 5.95 Å². The van der Waals surface area contributed by atoms with Crippen LogP contribution in [0, 0.1) is 0 Å². The first kappa shape index (κ1) is 17.6. The molecule has 1 aromatic carbocycles. The Morgan fingerprint density at radius 3 is 2.40 bits per heavy atom. The highest BCUT2D eigenvalue weighted by Gasteiger charge is 2.19. The number of hydrogen-bond acceptors (Lipinski definition) is 6. The molecule has 6 heteroatoms. The van der Waals surface area contributed by atoms with E-state index in [0.717, 1.165) is 56.5 Å². The Labute approximate surface area is 150 Å². The lowest BCUT2D eigenvalue weighted by Crippen LogP contribution is -2.47. The van der Waals surface area contributed by atoms with Crippen LogP contribution < -0.4 is 9.80 Å². The van der Waals surface area contributed by atoms with Crippen LogP contribution in [0.25, 0.3) is 11.3 Å². The Morgan fingerprint density at radius 1 is 1.04 bits per heavy atom. The van der Waals surface area contributed by atoms with Gasteiger partial charge in [0.1, 0.15) is 0 Å². The van der Waals surface area contributed by atoms with Gasteiger partial charge >= 0.3 is 0 Å². The summed E-state index contributed by atoms with van der Waals surface area (Å²) in [6.45, 7) is 5.72. The first-order valence-electron chi connectivity index (χ1n) is 8.74. The molecule has 0 atom stereocenters. The van der Waals surface area contributed by atoms with E-state index in [4.69, 9.17) is 9.72 Å². The molecule has 1 saturated heterocycles. The van der Waals surface area contributed by atoms with Crippen molar-refractivity contribution in [3.05, 3.63) is 36.5 Å². The number of nitrogens with zero attached hydrogens (tertiary/aromatic N) is 5. The van der Waals surface area contributed by atoms with Crippen LogP contribution in [-0.4, -0.2) is 75.4 Å². The minimum atomic E-state index is 0.787. The highest BCUT2D eigenvalue weighted by atomic mass is 16.5. The number of rotatable bonds is 6. The van der Waals surface area contributed by atoms with E-state index in [1.54, 1.807) is 7.11 Å². The molecule has 0 N–H and O–H groups in total. The lowest BCUT2D eigenvalue weighted by atomic mass is 10.1. The normalized spacial score (nSPS) is 15.4. The van der Waals surface area contributed by atoms with Gasteiger partial charge in [0, 0.05) is 71.4 Å². The van der Waals surface area contributed by atoms with Gasteiger partial charge in [0.15, 0.2) is 0 Å². The zero-order chi connectivity index (χ0) is 17.6.